The molecule has 4 nitrogen and oxygen atoms in total. The van der Waals surface area contributed by atoms with E-state index in [0.717, 1.165) is 18.8 Å². The maximum Gasteiger partial charge on any atom is 0.294 e. The molecule has 2 rings (SSSR count). The van der Waals surface area contributed by atoms with Crippen molar-refractivity contribution >= 4 is 15.8 Å². The van der Waals surface area contributed by atoms with Crippen molar-refractivity contribution in [2.75, 3.05) is 18.0 Å². The minimum absolute atomic E-state index is 0.00422. The van der Waals surface area contributed by atoms with Gasteiger partial charge in [0.1, 0.15) is 0 Å². The van der Waals surface area contributed by atoms with Crippen LogP contribution in [0.1, 0.15) is 18.4 Å². The van der Waals surface area contributed by atoms with E-state index in [-0.39, 0.29) is 4.90 Å². The van der Waals surface area contributed by atoms with Crippen LogP contribution in [-0.4, -0.2) is 26.1 Å². The van der Waals surface area contributed by atoms with Gasteiger partial charge in [0.15, 0.2) is 0 Å². The van der Waals surface area contributed by atoms with E-state index in [4.69, 9.17) is 4.55 Å². The fourth-order valence-corrected chi connectivity index (χ4v) is 2.80. The lowest BCUT2D eigenvalue weighted by Crippen LogP contribution is -2.17. The van der Waals surface area contributed by atoms with Crippen LogP contribution in [0.15, 0.2) is 23.1 Å². The van der Waals surface area contributed by atoms with Crippen molar-refractivity contribution in [1.82, 2.24) is 0 Å². The van der Waals surface area contributed by atoms with Gasteiger partial charge in [-0.05, 0) is 43.5 Å². The SMILES string of the molecule is Cc1cc(N2CCCC2)ccc1S(=O)(=O)O. The monoisotopic (exact) mass is 241 g/mol. The Kier molecular flexibility index (Phi) is 2.90. The van der Waals surface area contributed by atoms with Crippen LogP contribution in [0.25, 0.3) is 0 Å². The van der Waals surface area contributed by atoms with Crippen molar-refractivity contribution in [3.05, 3.63) is 23.8 Å². The third-order valence-corrected chi connectivity index (χ3v) is 3.92. The van der Waals surface area contributed by atoms with E-state index in [1.54, 1.807) is 13.0 Å². The predicted molar refractivity (Wildman–Crippen MR) is 62.4 cm³/mol. The van der Waals surface area contributed by atoms with Crippen molar-refractivity contribution < 1.29 is 13.0 Å². The van der Waals surface area contributed by atoms with Crippen molar-refractivity contribution in [1.29, 1.82) is 0 Å². The largest absolute Gasteiger partial charge is 0.372 e. The smallest absolute Gasteiger partial charge is 0.294 e. The molecule has 0 saturated carbocycles. The Labute approximate surface area is 95.6 Å². The summed E-state index contributed by atoms with van der Waals surface area (Å²) in [6.07, 6.45) is 2.36. The van der Waals surface area contributed by atoms with Crippen molar-refractivity contribution in [3.8, 4) is 0 Å². The molecular weight excluding hydrogens is 226 g/mol. The topological polar surface area (TPSA) is 57.6 Å². The van der Waals surface area contributed by atoms with Gasteiger partial charge in [-0.2, -0.15) is 8.42 Å². The second kappa shape index (κ2) is 4.07. The summed E-state index contributed by atoms with van der Waals surface area (Å²) in [6.45, 7) is 3.73. The van der Waals surface area contributed by atoms with E-state index >= 15 is 0 Å². The second-order valence-electron chi connectivity index (χ2n) is 4.12. The van der Waals surface area contributed by atoms with Gasteiger partial charge in [0.25, 0.3) is 10.1 Å². The molecule has 0 spiro atoms. The molecule has 1 N–H and O–H groups in total. The van der Waals surface area contributed by atoms with Gasteiger partial charge in [0.05, 0.1) is 4.90 Å². The molecule has 1 aliphatic rings. The molecule has 1 aromatic carbocycles. The van der Waals surface area contributed by atoms with E-state index in [0.29, 0.717) is 5.56 Å². The van der Waals surface area contributed by atoms with Gasteiger partial charge in [-0.15, -0.1) is 0 Å². The van der Waals surface area contributed by atoms with E-state index in [1.807, 2.05) is 6.07 Å². The van der Waals surface area contributed by atoms with Crippen LogP contribution in [0.3, 0.4) is 0 Å². The third kappa shape index (κ3) is 2.20. The Balaban J connectivity index is 2.36. The minimum Gasteiger partial charge on any atom is -0.372 e. The molecule has 0 bridgehead atoms. The number of nitrogens with zero attached hydrogens (tertiary/aromatic N) is 1. The number of benzene rings is 1. The molecule has 0 unspecified atom stereocenters. The van der Waals surface area contributed by atoms with Crippen molar-refractivity contribution in [2.24, 2.45) is 0 Å². The lowest BCUT2D eigenvalue weighted by Gasteiger charge is -2.18. The number of hydrogen-bond acceptors (Lipinski definition) is 3. The normalized spacial score (nSPS) is 16.8. The lowest BCUT2D eigenvalue weighted by atomic mass is 10.2. The zero-order valence-corrected chi connectivity index (χ0v) is 10.00. The third-order valence-electron chi connectivity index (χ3n) is 2.91. The van der Waals surface area contributed by atoms with Crippen LogP contribution in [0, 0.1) is 6.92 Å². The molecule has 0 atom stereocenters. The zero-order chi connectivity index (χ0) is 11.8. The summed E-state index contributed by atoms with van der Waals surface area (Å²) >= 11 is 0. The quantitative estimate of drug-likeness (QED) is 0.803. The molecule has 0 radical (unpaired) electrons. The zero-order valence-electron chi connectivity index (χ0n) is 9.18. The van der Waals surface area contributed by atoms with Crippen LogP contribution in [0.5, 0.6) is 0 Å². The molecule has 88 valence electrons. The van der Waals surface area contributed by atoms with Crippen LogP contribution in [-0.2, 0) is 10.1 Å². The predicted octanol–water partition coefficient (Wildman–Crippen LogP) is 1.84. The van der Waals surface area contributed by atoms with Gasteiger partial charge in [0.2, 0.25) is 0 Å². The molecule has 16 heavy (non-hydrogen) atoms. The van der Waals surface area contributed by atoms with Gasteiger partial charge in [-0.3, -0.25) is 4.55 Å². The van der Waals surface area contributed by atoms with Crippen LogP contribution in [0.2, 0.25) is 0 Å². The van der Waals surface area contributed by atoms with Gasteiger partial charge >= 0.3 is 0 Å². The molecule has 0 amide bonds. The maximum absolute atomic E-state index is 11.0. The van der Waals surface area contributed by atoms with Crippen LogP contribution < -0.4 is 4.90 Å². The molecule has 0 aliphatic carbocycles. The molecule has 5 heteroatoms. The van der Waals surface area contributed by atoms with Crippen LogP contribution in [0.4, 0.5) is 5.69 Å². The highest BCUT2D eigenvalue weighted by atomic mass is 32.2. The summed E-state index contributed by atoms with van der Waals surface area (Å²) in [6, 6.07) is 5.04. The fraction of sp³-hybridized carbons (Fsp3) is 0.455. The first kappa shape index (κ1) is 11.4. The Morgan fingerprint density at radius 3 is 2.38 bits per heavy atom. The average Bonchev–Trinajstić information content (AvgIpc) is 2.68. The molecule has 0 aromatic heterocycles. The molecule has 1 heterocycles. The van der Waals surface area contributed by atoms with Crippen LogP contribution >= 0.6 is 0 Å². The molecule has 1 aromatic rings. The first-order chi connectivity index (χ1) is 7.48. The maximum atomic E-state index is 11.0. The van der Waals surface area contributed by atoms with E-state index < -0.39 is 10.1 Å². The van der Waals surface area contributed by atoms with E-state index in [9.17, 15) is 8.42 Å². The summed E-state index contributed by atoms with van der Waals surface area (Å²) in [5, 5.41) is 0. The first-order valence-electron chi connectivity index (χ1n) is 5.31. The van der Waals surface area contributed by atoms with Gasteiger partial charge in [-0.25, -0.2) is 0 Å². The standard InChI is InChI=1S/C11H15NO3S/c1-9-8-10(12-6-2-3-7-12)4-5-11(9)16(13,14)15/h4-5,8H,2-3,6-7H2,1H3,(H,13,14,15). The Morgan fingerprint density at radius 1 is 1.25 bits per heavy atom. The summed E-state index contributed by atoms with van der Waals surface area (Å²) in [5.41, 5.74) is 1.62. The van der Waals surface area contributed by atoms with E-state index in [2.05, 4.69) is 4.90 Å². The number of anilines is 1. The Morgan fingerprint density at radius 2 is 1.88 bits per heavy atom. The van der Waals surface area contributed by atoms with Gasteiger partial charge in [-0.1, -0.05) is 0 Å². The van der Waals surface area contributed by atoms with Crippen molar-refractivity contribution in [2.45, 2.75) is 24.7 Å². The average molecular weight is 241 g/mol. The molecular formula is C11H15NO3S. The Bertz CT molecular complexity index is 490. The minimum atomic E-state index is -4.09. The highest BCUT2D eigenvalue weighted by Gasteiger charge is 2.16. The second-order valence-corrected chi connectivity index (χ2v) is 5.51. The lowest BCUT2D eigenvalue weighted by molar-refractivity contribution is 0.482. The summed E-state index contributed by atoms with van der Waals surface area (Å²) in [7, 11) is -4.09. The van der Waals surface area contributed by atoms with E-state index in [1.165, 1.54) is 18.9 Å². The summed E-state index contributed by atoms with van der Waals surface area (Å²) in [5.74, 6) is 0. The van der Waals surface area contributed by atoms with Gasteiger partial charge in [0, 0.05) is 18.8 Å². The molecule has 1 fully saturated rings. The number of aryl methyl sites for hydroxylation is 1. The fourth-order valence-electron chi connectivity index (χ4n) is 2.10. The molecule has 1 aliphatic heterocycles. The highest BCUT2D eigenvalue weighted by molar-refractivity contribution is 7.85. The first-order valence-corrected chi connectivity index (χ1v) is 6.75. The van der Waals surface area contributed by atoms with Crippen molar-refractivity contribution in [3.63, 3.8) is 0 Å². The Hall–Kier alpha value is -1.07. The summed E-state index contributed by atoms with van der Waals surface area (Å²) in [4.78, 5) is 2.22. The number of rotatable bonds is 2. The summed E-state index contributed by atoms with van der Waals surface area (Å²) < 4.78 is 31.0. The number of hydrogen-bond donors (Lipinski definition) is 1. The highest BCUT2D eigenvalue weighted by Crippen LogP contribution is 2.24. The molecule has 1 saturated heterocycles. The van der Waals surface area contributed by atoms with Gasteiger partial charge < -0.3 is 4.90 Å².